The van der Waals surface area contributed by atoms with Crippen LogP contribution in [0.4, 0.5) is 0 Å². The molecule has 0 radical (unpaired) electrons. The van der Waals surface area contributed by atoms with Gasteiger partial charge in [-0.1, -0.05) is 32.9 Å². The highest BCUT2D eigenvalue weighted by Gasteiger charge is 2.41. The molecule has 0 aliphatic carbocycles. The highest BCUT2D eigenvalue weighted by Crippen LogP contribution is 2.33. The standard InChI is InChI=1S/C23H33N3O4/c1-4-9-26-22(28)20(18-5-7-19(8-6-18)30-16-17(2)3)21(23(26)29)25-12-10-24(11-13-25)14-15-27/h5-8,17,27H,4,9-16H2,1-3H3. The van der Waals surface area contributed by atoms with Gasteiger partial charge in [-0.25, -0.2) is 0 Å². The third-order valence-electron chi connectivity index (χ3n) is 5.42. The number of rotatable bonds is 9. The van der Waals surface area contributed by atoms with Crippen LogP contribution in [0.3, 0.4) is 0 Å². The minimum atomic E-state index is -0.217. The number of hydrogen-bond donors (Lipinski definition) is 1. The van der Waals surface area contributed by atoms with Crippen LogP contribution < -0.4 is 4.74 Å². The zero-order chi connectivity index (χ0) is 21.7. The summed E-state index contributed by atoms with van der Waals surface area (Å²) in [7, 11) is 0. The van der Waals surface area contributed by atoms with E-state index in [-0.39, 0.29) is 18.4 Å². The van der Waals surface area contributed by atoms with Crippen molar-refractivity contribution >= 4 is 17.4 Å². The third kappa shape index (κ3) is 4.84. The van der Waals surface area contributed by atoms with Crippen molar-refractivity contribution in [2.45, 2.75) is 27.2 Å². The van der Waals surface area contributed by atoms with Crippen LogP contribution in [0.1, 0.15) is 32.8 Å². The number of amides is 2. The van der Waals surface area contributed by atoms with Crippen LogP contribution in [0.5, 0.6) is 5.75 Å². The Labute approximate surface area is 178 Å². The van der Waals surface area contributed by atoms with E-state index < -0.39 is 0 Å². The summed E-state index contributed by atoms with van der Waals surface area (Å²) in [6.45, 7) is 10.8. The molecule has 7 heteroatoms. The van der Waals surface area contributed by atoms with Crippen LogP contribution in [-0.4, -0.2) is 84.1 Å². The van der Waals surface area contributed by atoms with Crippen molar-refractivity contribution in [3.05, 3.63) is 35.5 Å². The van der Waals surface area contributed by atoms with Gasteiger partial charge in [0.25, 0.3) is 11.8 Å². The van der Waals surface area contributed by atoms with Crippen molar-refractivity contribution in [1.29, 1.82) is 0 Å². The Morgan fingerprint density at radius 1 is 1.00 bits per heavy atom. The molecule has 0 saturated carbocycles. The topological polar surface area (TPSA) is 73.3 Å². The number of ether oxygens (including phenoxy) is 1. The number of aliphatic hydroxyl groups excluding tert-OH is 1. The van der Waals surface area contributed by atoms with Gasteiger partial charge in [-0.2, -0.15) is 0 Å². The molecule has 1 fully saturated rings. The first-order valence-electron chi connectivity index (χ1n) is 10.9. The molecule has 2 aliphatic rings. The third-order valence-corrected chi connectivity index (χ3v) is 5.42. The monoisotopic (exact) mass is 415 g/mol. The number of β-amino-alcohol motifs (C(OH)–C–C–N with tert-alkyl or cyclic N) is 1. The second-order valence-electron chi connectivity index (χ2n) is 8.27. The summed E-state index contributed by atoms with van der Waals surface area (Å²) < 4.78 is 5.76. The average molecular weight is 416 g/mol. The van der Waals surface area contributed by atoms with Crippen LogP contribution in [0.15, 0.2) is 30.0 Å². The lowest BCUT2D eigenvalue weighted by Crippen LogP contribution is -2.48. The number of piperazine rings is 1. The van der Waals surface area contributed by atoms with E-state index in [0.717, 1.165) is 30.8 Å². The van der Waals surface area contributed by atoms with Gasteiger partial charge < -0.3 is 14.7 Å². The second-order valence-corrected chi connectivity index (χ2v) is 8.27. The van der Waals surface area contributed by atoms with Crippen LogP contribution in [0, 0.1) is 5.92 Å². The Kier molecular flexibility index (Phi) is 7.50. The maximum atomic E-state index is 13.2. The molecule has 0 bridgehead atoms. The summed E-state index contributed by atoms with van der Waals surface area (Å²) in [4.78, 5) is 31.9. The van der Waals surface area contributed by atoms with Crippen molar-refractivity contribution < 1.29 is 19.4 Å². The van der Waals surface area contributed by atoms with Crippen LogP contribution in [-0.2, 0) is 9.59 Å². The van der Waals surface area contributed by atoms with Gasteiger partial charge in [-0.15, -0.1) is 0 Å². The molecule has 1 aromatic rings. The van der Waals surface area contributed by atoms with Gasteiger partial charge in [-0.3, -0.25) is 19.4 Å². The smallest absolute Gasteiger partial charge is 0.277 e. The fourth-order valence-electron chi connectivity index (χ4n) is 3.86. The minimum Gasteiger partial charge on any atom is -0.493 e. The molecule has 3 rings (SSSR count). The molecule has 2 heterocycles. The van der Waals surface area contributed by atoms with Gasteiger partial charge in [0.15, 0.2) is 0 Å². The zero-order valence-electron chi connectivity index (χ0n) is 18.3. The fraction of sp³-hybridized carbons (Fsp3) is 0.565. The van der Waals surface area contributed by atoms with Gasteiger partial charge in [0.05, 0.1) is 18.8 Å². The lowest BCUT2D eigenvalue weighted by molar-refractivity contribution is -0.137. The van der Waals surface area contributed by atoms with Crippen molar-refractivity contribution in [3.8, 4) is 5.75 Å². The number of benzene rings is 1. The maximum absolute atomic E-state index is 13.2. The van der Waals surface area contributed by atoms with E-state index in [4.69, 9.17) is 9.84 Å². The molecule has 30 heavy (non-hydrogen) atoms. The van der Waals surface area contributed by atoms with Gasteiger partial charge in [0, 0.05) is 39.3 Å². The van der Waals surface area contributed by atoms with Crippen LogP contribution in [0.25, 0.3) is 5.57 Å². The first-order chi connectivity index (χ1) is 14.5. The molecular weight excluding hydrogens is 382 g/mol. The predicted octanol–water partition coefficient (Wildman–Crippen LogP) is 1.82. The van der Waals surface area contributed by atoms with E-state index in [9.17, 15) is 9.59 Å². The molecule has 0 unspecified atom stereocenters. The van der Waals surface area contributed by atoms with E-state index >= 15 is 0 Å². The number of carbonyl (C=O) groups excluding carboxylic acids is 2. The van der Waals surface area contributed by atoms with Crippen LogP contribution in [0.2, 0.25) is 0 Å². The Morgan fingerprint density at radius 2 is 1.67 bits per heavy atom. The Hall–Kier alpha value is -2.38. The second kappa shape index (κ2) is 10.1. The Balaban J connectivity index is 1.88. The van der Waals surface area contributed by atoms with Gasteiger partial charge in [-0.05, 0) is 30.0 Å². The summed E-state index contributed by atoms with van der Waals surface area (Å²) in [5.41, 5.74) is 1.74. The van der Waals surface area contributed by atoms with E-state index in [0.29, 0.717) is 50.0 Å². The SMILES string of the molecule is CCCN1C(=O)C(c2ccc(OCC(C)C)cc2)=C(N2CCN(CCO)CC2)C1=O. The van der Waals surface area contributed by atoms with Crippen molar-refractivity contribution in [1.82, 2.24) is 14.7 Å². The molecule has 164 valence electrons. The summed E-state index contributed by atoms with van der Waals surface area (Å²) in [5.74, 6) is 0.771. The quantitative estimate of drug-likeness (QED) is 0.621. The molecule has 2 aliphatic heterocycles. The summed E-state index contributed by atoms with van der Waals surface area (Å²) in [5, 5.41) is 9.17. The number of aliphatic hydroxyl groups is 1. The van der Waals surface area contributed by atoms with Crippen molar-refractivity contribution in [3.63, 3.8) is 0 Å². The van der Waals surface area contributed by atoms with E-state index in [1.807, 2.05) is 36.1 Å². The van der Waals surface area contributed by atoms with Crippen molar-refractivity contribution in [2.75, 3.05) is 52.5 Å². The van der Waals surface area contributed by atoms with E-state index in [1.54, 1.807) is 0 Å². The number of imide groups is 1. The molecule has 0 spiro atoms. The fourth-order valence-corrected chi connectivity index (χ4v) is 3.86. The largest absolute Gasteiger partial charge is 0.493 e. The van der Waals surface area contributed by atoms with E-state index in [2.05, 4.69) is 18.7 Å². The molecule has 1 saturated heterocycles. The lowest BCUT2D eigenvalue weighted by atomic mass is 10.0. The van der Waals surface area contributed by atoms with Crippen LogP contribution >= 0.6 is 0 Å². The highest BCUT2D eigenvalue weighted by atomic mass is 16.5. The Morgan fingerprint density at radius 3 is 2.23 bits per heavy atom. The molecular formula is C23H33N3O4. The summed E-state index contributed by atoms with van der Waals surface area (Å²) in [6.07, 6.45) is 0.726. The highest BCUT2D eigenvalue weighted by molar-refractivity contribution is 6.35. The van der Waals surface area contributed by atoms with Gasteiger partial charge in [0.1, 0.15) is 11.4 Å². The number of carbonyl (C=O) groups is 2. The van der Waals surface area contributed by atoms with E-state index in [1.165, 1.54) is 4.90 Å². The van der Waals surface area contributed by atoms with Gasteiger partial charge >= 0.3 is 0 Å². The first-order valence-corrected chi connectivity index (χ1v) is 10.9. The molecule has 7 nitrogen and oxygen atoms in total. The predicted molar refractivity (Wildman–Crippen MR) is 116 cm³/mol. The average Bonchev–Trinajstić information content (AvgIpc) is 2.98. The number of nitrogens with zero attached hydrogens (tertiary/aromatic N) is 3. The maximum Gasteiger partial charge on any atom is 0.277 e. The summed E-state index contributed by atoms with van der Waals surface area (Å²) >= 11 is 0. The van der Waals surface area contributed by atoms with Gasteiger partial charge in [0.2, 0.25) is 0 Å². The molecule has 2 amide bonds. The first kappa shape index (κ1) is 22.3. The summed E-state index contributed by atoms with van der Waals surface area (Å²) in [6, 6.07) is 7.46. The molecule has 1 N–H and O–H groups in total. The molecule has 0 aromatic heterocycles. The molecule has 1 aromatic carbocycles. The number of hydrogen-bond acceptors (Lipinski definition) is 6. The lowest BCUT2D eigenvalue weighted by Gasteiger charge is -2.36. The Bertz CT molecular complexity index is 780. The minimum absolute atomic E-state index is 0.126. The molecule has 0 atom stereocenters. The normalized spacial score (nSPS) is 18.2. The van der Waals surface area contributed by atoms with Crippen molar-refractivity contribution in [2.24, 2.45) is 5.92 Å². The zero-order valence-corrected chi connectivity index (χ0v) is 18.3.